The normalized spacial score (nSPS) is 13.5. The molecule has 6 nitrogen and oxygen atoms in total. The third kappa shape index (κ3) is 2.52. The Morgan fingerprint density at radius 2 is 1.95 bits per heavy atom. The molecule has 0 saturated carbocycles. The van der Waals surface area contributed by atoms with Crippen LogP contribution < -0.4 is 5.23 Å². The largest absolute Gasteiger partial charge is 0.595 e. The molecule has 2 heterocycles. The minimum absolute atomic E-state index is 0.0176. The summed E-state index contributed by atoms with van der Waals surface area (Å²) in [7, 11) is 0. The number of quaternary nitrogens is 1. The van der Waals surface area contributed by atoms with Gasteiger partial charge in [0, 0.05) is 17.6 Å². The standard InChI is InChI=1S/C16H12N4O2/c17-10-12(16-15(20(21)22)6-3-9-18-16)14-8-7-11-4-1-2-5-13(11)19-14/h1-9,12,20-21H/t12-/m0/s1. The predicted octanol–water partition coefficient (Wildman–Crippen LogP) is 1.69. The third-order valence-electron chi connectivity index (χ3n) is 3.39. The first-order valence-electron chi connectivity index (χ1n) is 6.64. The van der Waals surface area contributed by atoms with Gasteiger partial charge in [-0.2, -0.15) is 10.5 Å². The van der Waals surface area contributed by atoms with Gasteiger partial charge in [-0.3, -0.25) is 9.97 Å². The lowest BCUT2D eigenvalue weighted by Gasteiger charge is -2.17. The summed E-state index contributed by atoms with van der Waals surface area (Å²) in [5, 5.41) is 29.9. The van der Waals surface area contributed by atoms with Crippen molar-refractivity contribution in [2.45, 2.75) is 5.92 Å². The van der Waals surface area contributed by atoms with E-state index in [9.17, 15) is 15.7 Å². The Balaban J connectivity index is 2.13. The van der Waals surface area contributed by atoms with Crippen LogP contribution in [0.4, 0.5) is 5.69 Å². The van der Waals surface area contributed by atoms with E-state index in [1.165, 1.54) is 18.3 Å². The molecule has 0 aliphatic rings. The zero-order valence-corrected chi connectivity index (χ0v) is 11.5. The van der Waals surface area contributed by atoms with Gasteiger partial charge in [0.05, 0.1) is 17.3 Å². The number of nitrogens with one attached hydrogen (secondary N) is 1. The van der Waals surface area contributed by atoms with Gasteiger partial charge in [-0.25, -0.2) is 5.21 Å². The van der Waals surface area contributed by atoms with E-state index in [2.05, 4.69) is 16.0 Å². The minimum atomic E-state index is -1.11. The summed E-state index contributed by atoms with van der Waals surface area (Å²) in [6, 6.07) is 16.2. The molecular formula is C16H12N4O2. The molecule has 0 spiro atoms. The van der Waals surface area contributed by atoms with Crippen molar-refractivity contribution in [3.05, 3.63) is 71.3 Å². The van der Waals surface area contributed by atoms with Gasteiger partial charge in [-0.05, 0) is 18.2 Å². The number of nitriles is 1. The molecule has 3 rings (SSSR count). The van der Waals surface area contributed by atoms with Crippen molar-refractivity contribution in [1.29, 1.82) is 5.26 Å². The van der Waals surface area contributed by atoms with Crippen LogP contribution in [-0.4, -0.2) is 15.2 Å². The number of aromatic nitrogens is 2. The van der Waals surface area contributed by atoms with E-state index in [0.717, 1.165) is 10.9 Å². The molecule has 0 bridgehead atoms. The van der Waals surface area contributed by atoms with E-state index in [-0.39, 0.29) is 11.4 Å². The molecule has 2 aromatic heterocycles. The topological polar surface area (TPSA) is 97.3 Å². The highest BCUT2D eigenvalue weighted by atomic mass is 16.8. The van der Waals surface area contributed by atoms with Crippen LogP contribution in [0.25, 0.3) is 10.9 Å². The summed E-state index contributed by atoms with van der Waals surface area (Å²) in [4.78, 5) is 8.55. The lowest BCUT2D eigenvalue weighted by atomic mass is 9.99. The van der Waals surface area contributed by atoms with E-state index in [4.69, 9.17) is 0 Å². The summed E-state index contributed by atoms with van der Waals surface area (Å²) < 4.78 is 0. The van der Waals surface area contributed by atoms with Crippen molar-refractivity contribution in [2.75, 3.05) is 0 Å². The van der Waals surface area contributed by atoms with Crippen molar-refractivity contribution in [3.8, 4) is 6.07 Å². The van der Waals surface area contributed by atoms with Gasteiger partial charge in [-0.15, -0.1) is 0 Å². The summed E-state index contributed by atoms with van der Waals surface area (Å²) >= 11 is 0. The molecule has 0 fully saturated rings. The first kappa shape index (κ1) is 14.1. The number of hydrogen-bond donors (Lipinski definition) is 2. The lowest BCUT2D eigenvalue weighted by molar-refractivity contribution is -0.991. The van der Waals surface area contributed by atoms with Gasteiger partial charge in [0.1, 0.15) is 11.6 Å². The molecule has 0 amide bonds. The first-order valence-corrected chi connectivity index (χ1v) is 6.64. The maximum absolute atomic E-state index is 11.3. The van der Waals surface area contributed by atoms with Crippen LogP contribution in [0.1, 0.15) is 17.3 Å². The fraction of sp³-hybridized carbons (Fsp3) is 0.0625. The van der Waals surface area contributed by atoms with Crippen molar-refractivity contribution >= 4 is 16.6 Å². The number of rotatable bonds is 3. The van der Waals surface area contributed by atoms with Crippen LogP contribution in [0.3, 0.4) is 0 Å². The van der Waals surface area contributed by atoms with Crippen LogP contribution in [0.15, 0.2) is 54.7 Å². The number of fused-ring (bicyclic) bond motifs is 1. The van der Waals surface area contributed by atoms with Crippen LogP contribution in [0, 0.1) is 16.5 Å². The third-order valence-corrected chi connectivity index (χ3v) is 3.39. The SMILES string of the molecule is N#C[C@@H](c1ccc2ccccc2n1)c1ncccc1[NH+]([O-])O. The average Bonchev–Trinajstić information content (AvgIpc) is 2.56. The van der Waals surface area contributed by atoms with E-state index in [1.54, 1.807) is 6.07 Å². The highest BCUT2D eigenvalue weighted by Gasteiger charge is 2.23. The van der Waals surface area contributed by atoms with Gasteiger partial charge < -0.3 is 5.21 Å². The van der Waals surface area contributed by atoms with Gasteiger partial charge >= 0.3 is 0 Å². The Morgan fingerprint density at radius 1 is 1.14 bits per heavy atom. The summed E-state index contributed by atoms with van der Waals surface area (Å²) in [6.07, 6.45) is 1.48. The van der Waals surface area contributed by atoms with E-state index in [0.29, 0.717) is 5.69 Å². The molecule has 22 heavy (non-hydrogen) atoms. The highest BCUT2D eigenvalue weighted by Crippen LogP contribution is 2.26. The number of nitrogens with zero attached hydrogens (tertiary/aromatic N) is 3. The fourth-order valence-corrected chi connectivity index (χ4v) is 2.34. The van der Waals surface area contributed by atoms with E-state index in [1.807, 2.05) is 30.3 Å². The Hall–Kier alpha value is -2.85. The van der Waals surface area contributed by atoms with Gasteiger partial charge in [-0.1, -0.05) is 24.3 Å². The molecule has 108 valence electrons. The Bertz CT molecular complexity index is 858. The molecule has 6 heteroatoms. The molecule has 0 radical (unpaired) electrons. The quantitative estimate of drug-likeness (QED) is 0.716. The zero-order valence-electron chi connectivity index (χ0n) is 11.5. The second-order valence-corrected chi connectivity index (χ2v) is 4.73. The second kappa shape index (κ2) is 5.87. The van der Waals surface area contributed by atoms with E-state index < -0.39 is 11.1 Å². The van der Waals surface area contributed by atoms with Gasteiger partial charge in [0.25, 0.3) is 0 Å². The van der Waals surface area contributed by atoms with Crippen LogP contribution >= 0.6 is 0 Å². The molecule has 2 atom stereocenters. The van der Waals surface area contributed by atoms with Gasteiger partial charge in [0.15, 0.2) is 5.69 Å². The first-order chi connectivity index (χ1) is 10.7. The van der Waals surface area contributed by atoms with Gasteiger partial charge in [0.2, 0.25) is 0 Å². The number of benzene rings is 1. The summed E-state index contributed by atoms with van der Waals surface area (Å²) in [6.45, 7) is 0. The molecule has 1 unspecified atom stereocenters. The van der Waals surface area contributed by atoms with Crippen LogP contribution in [0.2, 0.25) is 0 Å². The maximum Gasteiger partial charge on any atom is 0.187 e. The summed E-state index contributed by atoms with van der Waals surface area (Å²) in [5.74, 6) is -0.822. The Kier molecular flexibility index (Phi) is 3.76. The lowest BCUT2D eigenvalue weighted by Crippen LogP contribution is -2.99. The molecule has 0 aliphatic carbocycles. The van der Waals surface area contributed by atoms with Crippen molar-refractivity contribution < 1.29 is 10.4 Å². The molecule has 3 aromatic rings. The fourth-order valence-electron chi connectivity index (χ4n) is 2.34. The molecule has 0 aliphatic heterocycles. The van der Waals surface area contributed by atoms with E-state index >= 15 is 0 Å². The Labute approximate surface area is 126 Å². The number of hydrogen-bond acceptors (Lipinski definition) is 5. The predicted molar refractivity (Wildman–Crippen MR) is 79.2 cm³/mol. The second-order valence-electron chi connectivity index (χ2n) is 4.73. The number of pyridine rings is 2. The molecular weight excluding hydrogens is 280 g/mol. The average molecular weight is 292 g/mol. The molecule has 1 aromatic carbocycles. The van der Waals surface area contributed by atoms with Crippen molar-refractivity contribution in [1.82, 2.24) is 9.97 Å². The maximum atomic E-state index is 11.3. The minimum Gasteiger partial charge on any atom is -0.595 e. The van der Waals surface area contributed by atoms with Crippen molar-refractivity contribution in [2.24, 2.45) is 0 Å². The van der Waals surface area contributed by atoms with Crippen molar-refractivity contribution in [3.63, 3.8) is 0 Å². The zero-order chi connectivity index (χ0) is 15.5. The molecule has 2 N–H and O–H groups in total. The van der Waals surface area contributed by atoms with Crippen LogP contribution in [-0.2, 0) is 0 Å². The van der Waals surface area contributed by atoms with Crippen LogP contribution in [0.5, 0.6) is 0 Å². The Morgan fingerprint density at radius 3 is 2.73 bits per heavy atom. The molecule has 0 saturated heterocycles. The summed E-state index contributed by atoms with van der Waals surface area (Å²) in [5.41, 5.74) is 1.47. The highest BCUT2D eigenvalue weighted by molar-refractivity contribution is 5.78. The number of para-hydroxylation sites is 1. The monoisotopic (exact) mass is 292 g/mol. The smallest absolute Gasteiger partial charge is 0.187 e.